The van der Waals surface area contributed by atoms with Crippen LogP contribution in [0.1, 0.15) is 37.7 Å². The average molecular weight is 285 g/mol. The van der Waals surface area contributed by atoms with Gasteiger partial charge in [0, 0.05) is 6.54 Å². The molecule has 1 atom stereocenters. The van der Waals surface area contributed by atoms with Gasteiger partial charge in [0.25, 0.3) is 0 Å². The summed E-state index contributed by atoms with van der Waals surface area (Å²) in [6, 6.07) is 10.1. The second-order valence-corrected chi connectivity index (χ2v) is 5.26. The van der Waals surface area contributed by atoms with Gasteiger partial charge in [-0.1, -0.05) is 44.2 Å². The molecule has 3 N–H and O–H groups in total. The SMILES string of the molecule is CCc1nnc(NC(C)(CN)c2ccccc2)nc1CC. The Hall–Kier alpha value is -2.01. The Morgan fingerprint density at radius 1 is 1.05 bits per heavy atom. The van der Waals surface area contributed by atoms with Gasteiger partial charge < -0.3 is 11.1 Å². The molecule has 1 aromatic carbocycles. The van der Waals surface area contributed by atoms with Crippen molar-refractivity contribution in [1.29, 1.82) is 0 Å². The Bertz CT molecular complexity index is 584. The molecule has 1 heterocycles. The highest BCUT2D eigenvalue weighted by Crippen LogP contribution is 2.23. The van der Waals surface area contributed by atoms with Crippen molar-refractivity contribution in [3.05, 3.63) is 47.3 Å². The molecule has 0 aliphatic rings. The van der Waals surface area contributed by atoms with Gasteiger partial charge >= 0.3 is 0 Å². The summed E-state index contributed by atoms with van der Waals surface area (Å²) in [4.78, 5) is 4.58. The zero-order chi connectivity index (χ0) is 15.3. The fourth-order valence-electron chi connectivity index (χ4n) is 2.28. The third-order valence-corrected chi connectivity index (χ3v) is 3.72. The van der Waals surface area contributed by atoms with Gasteiger partial charge in [-0.15, -0.1) is 5.10 Å². The molecular weight excluding hydrogens is 262 g/mol. The molecule has 5 heteroatoms. The maximum atomic E-state index is 5.98. The summed E-state index contributed by atoms with van der Waals surface area (Å²) in [6.07, 6.45) is 1.69. The van der Waals surface area contributed by atoms with E-state index in [1.165, 1.54) is 0 Å². The van der Waals surface area contributed by atoms with Gasteiger partial charge in [-0.2, -0.15) is 5.10 Å². The summed E-state index contributed by atoms with van der Waals surface area (Å²) in [5.41, 5.74) is 8.61. The van der Waals surface area contributed by atoms with Crippen molar-refractivity contribution in [3.63, 3.8) is 0 Å². The van der Waals surface area contributed by atoms with E-state index in [9.17, 15) is 0 Å². The van der Waals surface area contributed by atoms with Crippen LogP contribution in [-0.2, 0) is 18.4 Å². The van der Waals surface area contributed by atoms with Crippen LogP contribution in [0.15, 0.2) is 30.3 Å². The quantitative estimate of drug-likeness (QED) is 0.851. The van der Waals surface area contributed by atoms with E-state index >= 15 is 0 Å². The number of aromatic nitrogens is 3. The smallest absolute Gasteiger partial charge is 0.243 e. The molecule has 5 nitrogen and oxygen atoms in total. The molecule has 0 aliphatic carbocycles. The van der Waals surface area contributed by atoms with Crippen LogP contribution in [0.2, 0.25) is 0 Å². The Kier molecular flexibility index (Phi) is 4.85. The number of nitrogens with one attached hydrogen (secondary N) is 1. The van der Waals surface area contributed by atoms with Crippen LogP contribution in [0.5, 0.6) is 0 Å². The number of hydrogen-bond donors (Lipinski definition) is 2. The van der Waals surface area contributed by atoms with Crippen molar-refractivity contribution in [3.8, 4) is 0 Å². The average Bonchev–Trinajstić information content (AvgIpc) is 2.55. The van der Waals surface area contributed by atoms with Crippen LogP contribution in [-0.4, -0.2) is 21.7 Å². The molecule has 2 aromatic rings. The standard InChI is InChI=1S/C16H23N5/c1-4-13-14(5-2)20-21-15(18-13)19-16(3,11-17)12-9-7-6-8-10-12/h6-10H,4-5,11,17H2,1-3H3,(H,18,19,21). The van der Waals surface area contributed by atoms with E-state index < -0.39 is 5.54 Å². The van der Waals surface area contributed by atoms with E-state index in [0.29, 0.717) is 12.5 Å². The van der Waals surface area contributed by atoms with E-state index in [4.69, 9.17) is 5.73 Å². The van der Waals surface area contributed by atoms with Crippen LogP contribution < -0.4 is 11.1 Å². The Morgan fingerprint density at radius 2 is 1.71 bits per heavy atom. The fourth-order valence-corrected chi connectivity index (χ4v) is 2.28. The molecule has 0 radical (unpaired) electrons. The molecule has 0 amide bonds. The topological polar surface area (TPSA) is 76.7 Å². The number of nitrogens with zero attached hydrogens (tertiary/aromatic N) is 3. The Morgan fingerprint density at radius 3 is 2.29 bits per heavy atom. The first-order valence-electron chi connectivity index (χ1n) is 7.39. The summed E-state index contributed by atoms with van der Waals surface area (Å²) < 4.78 is 0. The van der Waals surface area contributed by atoms with Crippen molar-refractivity contribution in [1.82, 2.24) is 15.2 Å². The van der Waals surface area contributed by atoms with Crippen LogP contribution in [0.4, 0.5) is 5.95 Å². The van der Waals surface area contributed by atoms with Gasteiger partial charge in [-0.3, -0.25) is 0 Å². The zero-order valence-electron chi connectivity index (χ0n) is 12.9. The van der Waals surface area contributed by atoms with Crippen LogP contribution >= 0.6 is 0 Å². The molecule has 0 saturated carbocycles. The molecule has 21 heavy (non-hydrogen) atoms. The van der Waals surface area contributed by atoms with E-state index in [2.05, 4.69) is 46.5 Å². The van der Waals surface area contributed by atoms with Crippen molar-refractivity contribution in [2.24, 2.45) is 5.73 Å². The first-order valence-corrected chi connectivity index (χ1v) is 7.39. The van der Waals surface area contributed by atoms with E-state index in [-0.39, 0.29) is 0 Å². The van der Waals surface area contributed by atoms with Crippen LogP contribution in [0.25, 0.3) is 0 Å². The lowest BCUT2D eigenvalue weighted by Crippen LogP contribution is -2.40. The minimum Gasteiger partial charge on any atom is -0.342 e. The van der Waals surface area contributed by atoms with E-state index in [0.717, 1.165) is 29.8 Å². The van der Waals surface area contributed by atoms with E-state index in [1.807, 2.05) is 25.1 Å². The van der Waals surface area contributed by atoms with Gasteiger partial charge in [-0.05, 0) is 25.3 Å². The lowest BCUT2D eigenvalue weighted by atomic mass is 9.92. The number of rotatable bonds is 6. The van der Waals surface area contributed by atoms with Crippen molar-refractivity contribution >= 4 is 5.95 Å². The summed E-state index contributed by atoms with van der Waals surface area (Å²) in [5.74, 6) is 0.529. The van der Waals surface area contributed by atoms with Crippen molar-refractivity contribution in [2.45, 2.75) is 39.2 Å². The second kappa shape index (κ2) is 6.63. The number of anilines is 1. The van der Waals surface area contributed by atoms with E-state index in [1.54, 1.807) is 0 Å². The number of nitrogens with two attached hydrogens (primary N) is 1. The highest BCUT2D eigenvalue weighted by Gasteiger charge is 2.26. The molecular formula is C16H23N5. The predicted octanol–water partition coefficient (Wildman–Crippen LogP) is 2.28. The summed E-state index contributed by atoms with van der Waals surface area (Å²) in [7, 11) is 0. The first-order chi connectivity index (χ1) is 10.1. The molecule has 0 aliphatic heterocycles. The lowest BCUT2D eigenvalue weighted by Gasteiger charge is -2.30. The third kappa shape index (κ3) is 3.36. The maximum Gasteiger partial charge on any atom is 0.243 e. The van der Waals surface area contributed by atoms with Crippen molar-refractivity contribution < 1.29 is 0 Å². The molecule has 112 valence electrons. The summed E-state index contributed by atoms with van der Waals surface area (Å²) in [6.45, 7) is 6.63. The monoisotopic (exact) mass is 285 g/mol. The summed E-state index contributed by atoms with van der Waals surface area (Å²) >= 11 is 0. The number of aryl methyl sites for hydroxylation is 2. The molecule has 0 spiro atoms. The van der Waals surface area contributed by atoms with Crippen LogP contribution in [0.3, 0.4) is 0 Å². The highest BCUT2D eigenvalue weighted by molar-refractivity contribution is 5.37. The van der Waals surface area contributed by atoms with Crippen molar-refractivity contribution in [2.75, 3.05) is 11.9 Å². The second-order valence-electron chi connectivity index (χ2n) is 5.26. The fraction of sp³-hybridized carbons (Fsp3) is 0.438. The van der Waals surface area contributed by atoms with Gasteiger partial charge in [-0.25, -0.2) is 4.98 Å². The highest BCUT2D eigenvalue weighted by atomic mass is 15.3. The van der Waals surface area contributed by atoms with Gasteiger partial charge in [0.2, 0.25) is 5.95 Å². The molecule has 1 unspecified atom stereocenters. The zero-order valence-corrected chi connectivity index (χ0v) is 12.9. The molecule has 0 fully saturated rings. The molecule has 2 rings (SSSR count). The minimum absolute atomic E-state index is 0.415. The third-order valence-electron chi connectivity index (χ3n) is 3.72. The molecule has 0 saturated heterocycles. The minimum atomic E-state index is -0.415. The largest absolute Gasteiger partial charge is 0.342 e. The molecule has 0 bridgehead atoms. The van der Waals surface area contributed by atoms with Gasteiger partial charge in [0.1, 0.15) is 0 Å². The lowest BCUT2D eigenvalue weighted by molar-refractivity contribution is 0.547. The Labute approximate surface area is 126 Å². The maximum absolute atomic E-state index is 5.98. The first kappa shape index (κ1) is 15.4. The van der Waals surface area contributed by atoms with Gasteiger partial charge in [0.15, 0.2) is 0 Å². The number of hydrogen-bond acceptors (Lipinski definition) is 5. The van der Waals surface area contributed by atoms with Gasteiger partial charge in [0.05, 0.1) is 16.9 Å². The predicted molar refractivity (Wildman–Crippen MR) is 85.1 cm³/mol. The Balaban J connectivity index is 2.30. The molecule has 1 aromatic heterocycles. The normalized spacial score (nSPS) is 13.7. The van der Waals surface area contributed by atoms with Crippen LogP contribution in [0, 0.1) is 0 Å². The number of benzene rings is 1. The summed E-state index contributed by atoms with van der Waals surface area (Å²) in [5, 5.41) is 11.8.